The van der Waals surface area contributed by atoms with Crippen LogP contribution in [0.2, 0.25) is 0 Å². The van der Waals surface area contributed by atoms with Crippen molar-refractivity contribution >= 4 is 5.91 Å². The molecule has 104 valence electrons. The van der Waals surface area contributed by atoms with E-state index >= 15 is 0 Å². The van der Waals surface area contributed by atoms with Crippen molar-refractivity contribution in [2.45, 2.75) is 57.5 Å². The molecule has 0 saturated heterocycles. The quantitative estimate of drug-likeness (QED) is 0.628. The van der Waals surface area contributed by atoms with E-state index in [9.17, 15) is 4.79 Å². The van der Waals surface area contributed by atoms with Crippen LogP contribution >= 0.6 is 0 Å². The average molecular weight is 264 g/mol. The molecule has 7 heteroatoms. The number of nitrogens with two attached hydrogens (primary N) is 1. The first-order valence-electron chi connectivity index (χ1n) is 6.93. The predicted octanol–water partition coefficient (Wildman–Crippen LogP) is 0.745. The van der Waals surface area contributed by atoms with Gasteiger partial charge in [0.15, 0.2) is 5.82 Å². The molecular formula is C12H20N6O. The van der Waals surface area contributed by atoms with E-state index in [4.69, 9.17) is 5.84 Å². The lowest BCUT2D eigenvalue weighted by Crippen LogP contribution is -2.59. The number of hydrazine groups is 1. The Labute approximate surface area is 112 Å². The second-order valence-electron chi connectivity index (χ2n) is 6.04. The number of nitrogens with zero attached hydrogens (tertiary/aromatic N) is 5. The molecule has 1 fully saturated rings. The molecule has 3 rings (SSSR count). The lowest BCUT2D eigenvalue weighted by atomic mass is 9.90. The van der Waals surface area contributed by atoms with Gasteiger partial charge in [0.05, 0.1) is 0 Å². The molecular weight excluding hydrogens is 244 g/mol. The number of tetrazole rings is 1. The van der Waals surface area contributed by atoms with Crippen LogP contribution in [0.15, 0.2) is 0 Å². The molecule has 19 heavy (non-hydrogen) atoms. The predicted molar refractivity (Wildman–Crippen MR) is 67.5 cm³/mol. The highest BCUT2D eigenvalue weighted by atomic mass is 16.2. The molecule has 0 radical (unpaired) electrons. The van der Waals surface area contributed by atoms with Gasteiger partial charge in [-0.2, -0.15) is 0 Å². The van der Waals surface area contributed by atoms with Crippen LogP contribution in [-0.4, -0.2) is 31.1 Å². The van der Waals surface area contributed by atoms with E-state index in [1.807, 2.05) is 0 Å². The summed E-state index contributed by atoms with van der Waals surface area (Å²) in [6.07, 6.45) is 4.53. The van der Waals surface area contributed by atoms with Gasteiger partial charge in [-0.15, -0.1) is 5.10 Å². The van der Waals surface area contributed by atoms with Crippen LogP contribution in [0.1, 0.15) is 57.8 Å². The Bertz CT molecular complexity index is 490. The van der Waals surface area contributed by atoms with Crippen LogP contribution in [0.5, 0.6) is 0 Å². The first-order valence-corrected chi connectivity index (χ1v) is 6.93. The standard InChI is InChI=1S/C12H20N6O/c1-8(2)7-9-10(19)18(13)12(5-3-4-6-12)11-14-15-16-17(9)11/h8-9H,3-7,13H2,1-2H3. The summed E-state index contributed by atoms with van der Waals surface area (Å²) in [4.78, 5) is 12.6. The molecule has 0 bridgehead atoms. The van der Waals surface area contributed by atoms with Gasteiger partial charge < -0.3 is 0 Å². The zero-order valence-electron chi connectivity index (χ0n) is 11.4. The maximum Gasteiger partial charge on any atom is 0.262 e. The minimum absolute atomic E-state index is 0.0598. The topological polar surface area (TPSA) is 89.9 Å². The summed E-state index contributed by atoms with van der Waals surface area (Å²) in [5, 5.41) is 13.4. The van der Waals surface area contributed by atoms with Gasteiger partial charge >= 0.3 is 0 Å². The Morgan fingerprint density at radius 2 is 2.11 bits per heavy atom. The van der Waals surface area contributed by atoms with Crippen molar-refractivity contribution in [3.63, 3.8) is 0 Å². The Morgan fingerprint density at radius 3 is 2.74 bits per heavy atom. The van der Waals surface area contributed by atoms with Crippen molar-refractivity contribution in [2.24, 2.45) is 11.8 Å². The molecule has 1 aliphatic carbocycles. The normalized spacial score (nSPS) is 25.4. The summed E-state index contributed by atoms with van der Waals surface area (Å²) in [6, 6.07) is -0.360. The number of carbonyl (C=O) groups is 1. The highest BCUT2D eigenvalue weighted by Gasteiger charge is 2.53. The highest BCUT2D eigenvalue weighted by molar-refractivity contribution is 5.82. The van der Waals surface area contributed by atoms with Gasteiger partial charge in [-0.05, 0) is 35.6 Å². The Hall–Kier alpha value is -1.50. The monoisotopic (exact) mass is 264 g/mol. The molecule has 1 aliphatic heterocycles. The lowest BCUT2D eigenvalue weighted by molar-refractivity contribution is -0.148. The van der Waals surface area contributed by atoms with E-state index in [0.29, 0.717) is 12.3 Å². The summed E-state index contributed by atoms with van der Waals surface area (Å²) < 4.78 is 1.71. The molecule has 1 aromatic heterocycles. The van der Waals surface area contributed by atoms with Gasteiger partial charge in [0.1, 0.15) is 11.6 Å². The van der Waals surface area contributed by atoms with Crippen molar-refractivity contribution in [1.29, 1.82) is 0 Å². The van der Waals surface area contributed by atoms with Gasteiger partial charge in [-0.3, -0.25) is 9.80 Å². The highest BCUT2D eigenvalue weighted by Crippen LogP contribution is 2.45. The van der Waals surface area contributed by atoms with Gasteiger partial charge in [-0.25, -0.2) is 10.5 Å². The fraction of sp³-hybridized carbons (Fsp3) is 0.833. The number of carbonyl (C=O) groups excluding carboxylic acids is 1. The fourth-order valence-electron chi connectivity index (χ4n) is 3.37. The summed E-state index contributed by atoms with van der Waals surface area (Å²) in [7, 11) is 0. The molecule has 1 unspecified atom stereocenters. The minimum Gasteiger partial charge on any atom is -0.271 e. The first-order chi connectivity index (χ1) is 9.06. The molecule has 1 spiro atoms. The van der Waals surface area contributed by atoms with E-state index in [2.05, 4.69) is 29.4 Å². The Morgan fingerprint density at radius 1 is 1.42 bits per heavy atom. The summed E-state index contributed by atoms with van der Waals surface area (Å²) in [5.41, 5.74) is -0.478. The maximum atomic E-state index is 12.6. The van der Waals surface area contributed by atoms with Crippen LogP contribution in [0.4, 0.5) is 0 Å². The fourth-order valence-corrected chi connectivity index (χ4v) is 3.37. The number of hydrogen-bond donors (Lipinski definition) is 1. The summed E-state index contributed by atoms with van der Waals surface area (Å²) >= 11 is 0. The Balaban J connectivity index is 2.07. The summed E-state index contributed by atoms with van der Waals surface area (Å²) in [5.74, 6) is 7.22. The van der Waals surface area contributed by atoms with Crippen LogP contribution in [0.25, 0.3) is 0 Å². The van der Waals surface area contributed by atoms with Gasteiger partial charge in [0.25, 0.3) is 5.91 Å². The van der Waals surface area contributed by atoms with E-state index < -0.39 is 5.54 Å². The molecule has 0 aromatic carbocycles. The molecule has 1 saturated carbocycles. The van der Waals surface area contributed by atoms with Crippen molar-refractivity contribution < 1.29 is 4.79 Å². The second kappa shape index (κ2) is 4.26. The molecule has 1 amide bonds. The number of amides is 1. The minimum atomic E-state index is -0.478. The van der Waals surface area contributed by atoms with Crippen molar-refractivity contribution in [3.8, 4) is 0 Å². The third-order valence-electron chi connectivity index (χ3n) is 4.31. The first kappa shape index (κ1) is 12.5. The van der Waals surface area contributed by atoms with Crippen LogP contribution in [0.3, 0.4) is 0 Å². The number of fused-ring (bicyclic) bond motifs is 2. The zero-order valence-corrected chi connectivity index (χ0v) is 11.4. The third kappa shape index (κ3) is 1.68. The molecule has 1 atom stereocenters. The van der Waals surface area contributed by atoms with Crippen molar-refractivity contribution in [3.05, 3.63) is 5.82 Å². The maximum absolute atomic E-state index is 12.6. The molecule has 2 aliphatic rings. The zero-order chi connectivity index (χ0) is 13.6. The molecule has 2 heterocycles. The summed E-state index contributed by atoms with van der Waals surface area (Å²) in [6.45, 7) is 4.16. The van der Waals surface area contributed by atoms with Crippen molar-refractivity contribution in [2.75, 3.05) is 0 Å². The van der Waals surface area contributed by atoms with Crippen LogP contribution < -0.4 is 5.84 Å². The van der Waals surface area contributed by atoms with E-state index in [-0.39, 0.29) is 11.9 Å². The van der Waals surface area contributed by atoms with Crippen molar-refractivity contribution in [1.82, 2.24) is 25.2 Å². The third-order valence-corrected chi connectivity index (χ3v) is 4.31. The average Bonchev–Trinajstić information content (AvgIpc) is 3.01. The van der Waals surface area contributed by atoms with Crippen LogP contribution in [-0.2, 0) is 10.3 Å². The van der Waals surface area contributed by atoms with Gasteiger partial charge in [0.2, 0.25) is 0 Å². The van der Waals surface area contributed by atoms with Crippen LogP contribution in [0, 0.1) is 5.92 Å². The van der Waals surface area contributed by atoms with E-state index in [1.54, 1.807) is 4.68 Å². The van der Waals surface area contributed by atoms with E-state index in [1.165, 1.54) is 5.01 Å². The van der Waals surface area contributed by atoms with Gasteiger partial charge in [-0.1, -0.05) is 26.7 Å². The number of aromatic nitrogens is 4. The number of hydrogen-bond acceptors (Lipinski definition) is 5. The largest absolute Gasteiger partial charge is 0.271 e. The molecule has 2 N–H and O–H groups in total. The number of rotatable bonds is 2. The van der Waals surface area contributed by atoms with E-state index in [0.717, 1.165) is 31.5 Å². The molecule has 7 nitrogen and oxygen atoms in total. The second-order valence-corrected chi connectivity index (χ2v) is 6.04. The lowest BCUT2D eigenvalue weighted by Gasteiger charge is -2.43. The Kier molecular flexibility index (Phi) is 2.81. The smallest absolute Gasteiger partial charge is 0.262 e. The SMILES string of the molecule is CC(C)CC1C(=O)N(N)C2(CCCC2)c2nnnn21. The molecule has 1 aromatic rings. The van der Waals surface area contributed by atoms with Gasteiger partial charge in [0, 0.05) is 0 Å².